The number of likely N-dealkylation sites (tertiary alicyclic amines) is 1. The van der Waals surface area contributed by atoms with Crippen LogP contribution in [0.3, 0.4) is 0 Å². The van der Waals surface area contributed by atoms with Gasteiger partial charge in [-0.15, -0.1) is 0 Å². The molecule has 2 aromatic rings. The molecule has 168 valence electrons. The first-order valence-corrected chi connectivity index (χ1v) is 11.9. The molecule has 31 heavy (non-hydrogen) atoms. The van der Waals surface area contributed by atoms with Crippen LogP contribution in [0.2, 0.25) is 0 Å². The van der Waals surface area contributed by atoms with Crippen LogP contribution in [0.1, 0.15) is 74.0 Å². The number of nitrogens with one attached hydrogen (secondary N) is 1. The van der Waals surface area contributed by atoms with Crippen molar-refractivity contribution in [3.8, 4) is 5.75 Å². The topological polar surface area (TPSA) is 41.6 Å². The fourth-order valence-corrected chi connectivity index (χ4v) is 4.02. The van der Waals surface area contributed by atoms with Crippen LogP contribution in [0.25, 0.3) is 0 Å². The maximum atomic E-state index is 12.4. The molecule has 1 N–H and O–H groups in total. The molecular formula is C27H38N2O2. The molecule has 1 saturated heterocycles. The first-order valence-electron chi connectivity index (χ1n) is 11.9. The van der Waals surface area contributed by atoms with Gasteiger partial charge >= 0.3 is 0 Å². The van der Waals surface area contributed by atoms with Crippen molar-refractivity contribution in [2.24, 2.45) is 5.92 Å². The third-order valence-electron chi connectivity index (χ3n) is 6.18. The lowest BCUT2D eigenvalue weighted by Gasteiger charge is -2.32. The van der Waals surface area contributed by atoms with Gasteiger partial charge in [-0.3, -0.25) is 9.69 Å². The van der Waals surface area contributed by atoms with Gasteiger partial charge in [0, 0.05) is 18.2 Å². The molecule has 1 amide bonds. The molecule has 3 rings (SSSR count). The lowest BCUT2D eigenvalue weighted by Crippen LogP contribution is -2.32. The van der Waals surface area contributed by atoms with Crippen LogP contribution < -0.4 is 10.1 Å². The first kappa shape index (κ1) is 23.3. The molecule has 1 aliphatic heterocycles. The van der Waals surface area contributed by atoms with Crippen molar-refractivity contribution in [1.29, 1.82) is 0 Å². The van der Waals surface area contributed by atoms with Gasteiger partial charge in [-0.25, -0.2) is 0 Å². The molecule has 1 aliphatic rings. The number of rotatable bonds is 10. The summed E-state index contributed by atoms with van der Waals surface area (Å²) in [5.74, 6) is 1.40. The van der Waals surface area contributed by atoms with Gasteiger partial charge in [0.15, 0.2) is 0 Å². The summed E-state index contributed by atoms with van der Waals surface area (Å²) in [6.45, 7) is 10.4. The molecule has 0 aliphatic carbocycles. The van der Waals surface area contributed by atoms with Gasteiger partial charge in [-0.2, -0.15) is 0 Å². The van der Waals surface area contributed by atoms with E-state index in [0.29, 0.717) is 30.7 Å². The molecule has 1 heterocycles. The van der Waals surface area contributed by atoms with Crippen molar-refractivity contribution >= 4 is 5.91 Å². The molecule has 2 aromatic carbocycles. The van der Waals surface area contributed by atoms with Crippen molar-refractivity contribution in [3.63, 3.8) is 0 Å². The Hall–Kier alpha value is -2.33. The van der Waals surface area contributed by atoms with Crippen molar-refractivity contribution in [3.05, 3.63) is 65.2 Å². The maximum absolute atomic E-state index is 12.4. The minimum absolute atomic E-state index is 0.0379. The van der Waals surface area contributed by atoms with E-state index < -0.39 is 0 Å². The number of hydrogen-bond donors (Lipinski definition) is 1. The second-order valence-electron chi connectivity index (χ2n) is 9.08. The molecular weight excluding hydrogens is 384 g/mol. The first-order chi connectivity index (χ1) is 15.0. The zero-order chi connectivity index (χ0) is 22.1. The SMILES string of the molecule is CC(C)CCOc1ccc(C(=O)NCCc2ccc(C(C)N3CCCCC3)cc2)cc1. The number of nitrogens with zero attached hydrogens (tertiary/aromatic N) is 1. The summed E-state index contributed by atoms with van der Waals surface area (Å²) in [6.07, 6.45) is 5.86. The number of piperidine rings is 1. The van der Waals surface area contributed by atoms with E-state index >= 15 is 0 Å². The maximum Gasteiger partial charge on any atom is 0.251 e. The third-order valence-corrected chi connectivity index (χ3v) is 6.18. The van der Waals surface area contributed by atoms with E-state index in [0.717, 1.165) is 18.6 Å². The largest absolute Gasteiger partial charge is 0.494 e. The molecule has 4 nitrogen and oxygen atoms in total. The summed E-state index contributed by atoms with van der Waals surface area (Å²) in [7, 11) is 0. The van der Waals surface area contributed by atoms with E-state index in [4.69, 9.17) is 4.74 Å². The number of carbonyl (C=O) groups is 1. The highest BCUT2D eigenvalue weighted by atomic mass is 16.5. The summed E-state index contributed by atoms with van der Waals surface area (Å²) < 4.78 is 5.72. The minimum atomic E-state index is -0.0379. The molecule has 1 unspecified atom stereocenters. The quantitative estimate of drug-likeness (QED) is 0.539. The lowest BCUT2D eigenvalue weighted by molar-refractivity contribution is 0.0954. The number of benzene rings is 2. The smallest absolute Gasteiger partial charge is 0.251 e. The van der Waals surface area contributed by atoms with E-state index in [1.807, 2.05) is 24.3 Å². The van der Waals surface area contributed by atoms with Crippen LogP contribution in [0, 0.1) is 5.92 Å². The predicted molar refractivity (Wildman–Crippen MR) is 128 cm³/mol. The molecule has 0 bridgehead atoms. The summed E-state index contributed by atoms with van der Waals surface area (Å²) >= 11 is 0. The molecule has 0 spiro atoms. The van der Waals surface area contributed by atoms with E-state index in [-0.39, 0.29) is 5.91 Å². The van der Waals surface area contributed by atoms with Gasteiger partial charge in [0.25, 0.3) is 5.91 Å². The van der Waals surface area contributed by atoms with Crippen molar-refractivity contribution < 1.29 is 9.53 Å². The normalized spacial score (nSPS) is 15.6. The molecule has 0 aromatic heterocycles. The van der Waals surface area contributed by atoms with E-state index in [1.165, 1.54) is 43.5 Å². The third kappa shape index (κ3) is 7.39. The Morgan fingerprint density at radius 3 is 2.29 bits per heavy atom. The Morgan fingerprint density at radius 2 is 1.65 bits per heavy atom. The Labute approximate surface area is 188 Å². The Bertz CT molecular complexity index is 793. The average Bonchev–Trinajstić information content (AvgIpc) is 2.80. The van der Waals surface area contributed by atoms with E-state index in [1.54, 1.807) is 0 Å². The zero-order valence-electron chi connectivity index (χ0n) is 19.4. The van der Waals surface area contributed by atoms with Crippen molar-refractivity contribution in [2.45, 2.75) is 58.9 Å². The van der Waals surface area contributed by atoms with Gasteiger partial charge in [0.05, 0.1) is 6.61 Å². The van der Waals surface area contributed by atoms with Crippen LogP contribution in [0.5, 0.6) is 5.75 Å². The van der Waals surface area contributed by atoms with E-state index in [9.17, 15) is 4.79 Å². The number of hydrogen-bond acceptors (Lipinski definition) is 3. The van der Waals surface area contributed by atoms with Crippen molar-refractivity contribution in [1.82, 2.24) is 10.2 Å². The van der Waals surface area contributed by atoms with Crippen LogP contribution in [0.15, 0.2) is 48.5 Å². The summed E-state index contributed by atoms with van der Waals surface area (Å²) in [5.41, 5.74) is 3.30. The predicted octanol–water partition coefficient (Wildman–Crippen LogP) is 5.63. The van der Waals surface area contributed by atoms with Gasteiger partial charge in [0.1, 0.15) is 5.75 Å². The molecule has 0 saturated carbocycles. The highest BCUT2D eigenvalue weighted by Crippen LogP contribution is 2.24. The molecule has 4 heteroatoms. The van der Waals surface area contributed by atoms with Crippen LogP contribution in [-0.4, -0.2) is 37.0 Å². The number of ether oxygens (including phenoxy) is 1. The lowest BCUT2D eigenvalue weighted by atomic mass is 10.0. The Kier molecular flexibility index (Phi) is 8.96. The molecule has 0 radical (unpaired) electrons. The van der Waals surface area contributed by atoms with Crippen LogP contribution in [-0.2, 0) is 6.42 Å². The number of amides is 1. The number of carbonyl (C=O) groups excluding carboxylic acids is 1. The highest BCUT2D eigenvalue weighted by Gasteiger charge is 2.17. The minimum Gasteiger partial charge on any atom is -0.494 e. The summed E-state index contributed by atoms with van der Waals surface area (Å²) in [5, 5.41) is 3.03. The zero-order valence-corrected chi connectivity index (χ0v) is 19.4. The summed E-state index contributed by atoms with van der Waals surface area (Å²) in [4.78, 5) is 15.0. The van der Waals surface area contributed by atoms with E-state index in [2.05, 4.69) is 55.3 Å². The van der Waals surface area contributed by atoms with Crippen molar-refractivity contribution in [2.75, 3.05) is 26.2 Å². The summed E-state index contributed by atoms with van der Waals surface area (Å²) in [6, 6.07) is 16.8. The second kappa shape index (κ2) is 11.9. The van der Waals surface area contributed by atoms with Crippen LogP contribution in [0.4, 0.5) is 0 Å². The standard InChI is InChI=1S/C27H38N2O2/c1-21(2)16-20-31-26-13-11-25(12-14-26)27(30)28-17-15-23-7-9-24(10-8-23)22(3)29-18-5-4-6-19-29/h7-14,21-22H,4-6,15-20H2,1-3H3,(H,28,30). The monoisotopic (exact) mass is 422 g/mol. The molecule has 1 atom stereocenters. The fraction of sp³-hybridized carbons (Fsp3) is 0.519. The Morgan fingerprint density at radius 1 is 0.968 bits per heavy atom. The van der Waals surface area contributed by atoms with Crippen LogP contribution >= 0.6 is 0 Å². The van der Waals surface area contributed by atoms with Gasteiger partial charge in [0.2, 0.25) is 0 Å². The van der Waals surface area contributed by atoms with Gasteiger partial charge in [-0.1, -0.05) is 44.5 Å². The average molecular weight is 423 g/mol. The highest BCUT2D eigenvalue weighted by molar-refractivity contribution is 5.94. The van der Waals surface area contributed by atoms with Gasteiger partial charge in [-0.05, 0) is 87.0 Å². The fourth-order valence-electron chi connectivity index (χ4n) is 4.02. The Balaban J connectivity index is 1.41. The molecule has 1 fully saturated rings. The second-order valence-corrected chi connectivity index (χ2v) is 9.08. The van der Waals surface area contributed by atoms with Gasteiger partial charge < -0.3 is 10.1 Å².